The summed E-state index contributed by atoms with van der Waals surface area (Å²) in [4.78, 5) is 22.7. The van der Waals surface area contributed by atoms with Gasteiger partial charge in [0.05, 0.1) is 5.92 Å². The van der Waals surface area contributed by atoms with Crippen molar-refractivity contribution in [3.05, 3.63) is 28.8 Å². The third-order valence-electron chi connectivity index (χ3n) is 3.72. The summed E-state index contributed by atoms with van der Waals surface area (Å²) >= 11 is 5.98. The molecule has 2 rings (SSSR count). The van der Waals surface area contributed by atoms with Crippen LogP contribution in [-0.2, 0) is 9.59 Å². The molecule has 0 radical (unpaired) electrons. The van der Waals surface area contributed by atoms with Gasteiger partial charge in [0, 0.05) is 16.6 Å². The van der Waals surface area contributed by atoms with Crippen LogP contribution >= 0.6 is 11.6 Å². The zero-order chi connectivity index (χ0) is 15.4. The molecule has 1 aromatic rings. The van der Waals surface area contributed by atoms with Gasteiger partial charge in [-0.25, -0.2) is 0 Å². The van der Waals surface area contributed by atoms with Crippen LogP contribution in [0.3, 0.4) is 0 Å². The van der Waals surface area contributed by atoms with Crippen LogP contribution in [0.15, 0.2) is 18.2 Å². The van der Waals surface area contributed by atoms with Gasteiger partial charge in [0.2, 0.25) is 0 Å². The van der Waals surface area contributed by atoms with Crippen LogP contribution in [-0.4, -0.2) is 29.6 Å². The molecule has 1 aliphatic rings. The maximum Gasteiger partial charge on any atom is 0.306 e. The van der Waals surface area contributed by atoms with Gasteiger partial charge in [0.25, 0.3) is 5.91 Å². The number of amides is 1. The van der Waals surface area contributed by atoms with Crippen molar-refractivity contribution < 1.29 is 19.4 Å². The maximum absolute atomic E-state index is 11.8. The summed E-state index contributed by atoms with van der Waals surface area (Å²) in [6, 6.07) is 5.19. The Bertz CT molecular complexity index is 546. The summed E-state index contributed by atoms with van der Waals surface area (Å²) in [7, 11) is 0. The number of rotatable bonds is 5. The average molecular weight is 312 g/mol. The van der Waals surface area contributed by atoms with Crippen molar-refractivity contribution in [2.75, 3.05) is 6.61 Å². The van der Waals surface area contributed by atoms with Crippen LogP contribution in [0.1, 0.15) is 24.8 Å². The van der Waals surface area contributed by atoms with E-state index in [0.717, 1.165) is 5.56 Å². The first-order valence-electron chi connectivity index (χ1n) is 6.87. The fourth-order valence-electron chi connectivity index (χ4n) is 2.49. The van der Waals surface area contributed by atoms with Gasteiger partial charge in [0.1, 0.15) is 5.75 Å². The molecule has 0 aromatic heterocycles. The predicted octanol–water partition coefficient (Wildman–Crippen LogP) is 2.40. The lowest BCUT2D eigenvalue weighted by Gasteiger charge is -2.14. The monoisotopic (exact) mass is 311 g/mol. The Hall–Kier alpha value is -1.75. The molecular formula is C15H18ClNO4. The average Bonchev–Trinajstić information content (AvgIpc) is 2.89. The van der Waals surface area contributed by atoms with E-state index in [1.165, 1.54) is 0 Å². The predicted molar refractivity (Wildman–Crippen MR) is 78.6 cm³/mol. The number of carbonyl (C=O) groups excluding carboxylic acids is 1. The fourth-order valence-corrected chi connectivity index (χ4v) is 2.66. The number of carbonyl (C=O) groups is 2. The van der Waals surface area contributed by atoms with E-state index in [-0.39, 0.29) is 24.5 Å². The van der Waals surface area contributed by atoms with E-state index in [0.29, 0.717) is 30.0 Å². The van der Waals surface area contributed by atoms with Gasteiger partial charge in [0.15, 0.2) is 6.61 Å². The smallest absolute Gasteiger partial charge is 0.306 e. The van der Waals surface area contributed by atoms with E-state index in [4.69, 9.17) is 21.4 Å². The van der Waals surface area contributed by atoms with Crippen molar-refractivity contribution in [1.82, 2.24) is 5.32 Å². The van der Waals surface area contributed by atoms with Gasteiger partial charge in [-0.15, -0.1) is 0 Å². The Morgan fingerprint density at radius 3 is 2.86 bits per heavy atom. The van der Waals surface area contributed by atoms with E-state index in [1.54, 1.807) is 18.2 Å². The number of hydrogen-bond donors (Lipinski definition) is 2. The molecule has 2 N–H and O–H groups in total. The minimum absolute atomic E-state index is 0.0809. The minimum atomic E-state index is -0.794. The number of carboxylic acid groups (broad SMARTS) is 1. The van der Waals surface area contributed by atoms with Crippen molar-refractivity contribution in [2.24, 2.45) is 5.92 Å². The normalized spacial score (nSPS) is 21.0. The molecule has 1 aliphatic carbocycles. The summed E-state index contributed by atoms with van der Waals surface area (Å²) in [6.45, 7) is 1.72. The third-order valence-corrected chi connectivity index (χ3v) is 4.13. The highest BCUT2D eigenvalue weighted by Gasteiger charge is 2.30. The lowest BCUT2D eigenvalue weighted by Crippen LogP contribution is -2.36. The Kier molecular flexibility index (Phi) is 5.07. The molecular weight excluding hydrogens is 294 g/mol. The van der Waals surface area contributed by atoms with Gasteiger partial charge in [-0.3, -0.25) is 9.59 Å². The number of aliphatic carboxylic acids is 1. The molecule has 0 aliphatic heterocycles. The third kappa shape index (κ3) is 4.11. The van der Waals surface area contributed by atoms with Crippen molar-refractivity contribution in [3.63, 3.8) is 0 Å². The van der Waals surface area contributed by atoms with Crippen LogP contribution in [0.25, 0.3) is 0 Å². The fraction of sp³-hybridized carbons (Fsp3) is 0.467. The highest BCUT2D eigenvalue weighted by atomic mass is 35.5. The van der Waals surface area contributed by atoms with E-state index in [2.05, 4.69) is 5.32 Å². The second-order valence-electron chi connectivity index (χ2n) is 5.26. The Balaban J connectivity index is 1.80. The molecule has 0 heterocycles. The van der Waals surface area contributed by atoms with Crippen LogP contribution in [0.2, 0.25) is 5.02 Å². The number of halogens is 1. The van der Waals surface area contributed by atoms with Crippen LogP contribution in [0.5, 0.6) is 5.75 Å². The largest absolute Gasteiger partial charge is 0.483 e. The highest BCUT2D eigenvalue weighted by Crippen LogP contribution is 2.26. The molecule has 1 amide bonds. The standard InChI is InChI=1S/C15H18ClNO4/c1-9-12(16)3-2-4-13(9)21-8-14(18)17-11-6-5-10(7-11)15(19)20/h2-4,10-11H,5-8H2,1H3,(H,17,18)(H,19,20)/t10-,11+/m1/s1. The molecule has 0 saturated heterocycles. The van der Waals surface area contributed by atoms with Crippen molar-refractivity contribution in [3.8, 4) is 5.75 Å². The number of hydrogen-bond acceptors (Lipinski definition) is 3. The Labute approximate surface area is 128 Å². The van der Waals surface area contributed by atoms with Gasteiger partial charge in [-0.1, -0.05) is 17.7 Å². The highest BCUT2D eigenvalue weighted by molar-refractivity contribution is 6.31. The lowest BCUT2D eigenvalue weighted by molar-refractivity contribution is -0.141. The number of ether oxygens (including phenoxy) is 1. The molecule has 114 valence electrons. The van der Waals surface area contributed by atoms with Crippen molar-refractivity contribution in [2.45, 2.75) is 32.2 Å². The number of nitrogens with one attached hydrogen (secondary N) is 1. The molecule has 21 heavy (non-hydrogen) atoms. The van der Waals surface area contributed by atoms with E-state index < -0.39 is 5.97 Å². The van der Waals surface area contributed by atoms with Crippen LogP contribution in [0.4, 0.5) is 0 Å². The van der Waals surface area contributed by atoms with Gasteiger partial charge in [-0.2, -0.15) is 0 Å². The minimum Gasteiger partial charge on any atom is -0.483 e. The summed E-state index contributed by atoms with van der Waals surface area (Å²) in [6.07, 6.45) is 1.78. The lowest BCUT2D eigenvalue weighted by atomic mass is 10.1. The quantitative estimate of drug-likeness (QED) is 0.875. The number of carboxylic acids is 1. The molecule has 0 bridgehead atoms. The summed E-state index contributed by atoms with van der Waals surface area (Å²) in [5.74, 6) is -0.818. The zero-order valence-electron chi connectivity index (χ0n) is 11.8. The molecule has 1 aromatic carbocycles. The molecule has 5 nitrogen and oxygen atoms in total. The molecule has 0 spiro atoms. The number of benzene rings is 1. The van der Waals surface area contributed by atoms with Crippen LogP contribution < -0.4 is 10.1 Å². The van der Waals surface area contributed by atoms with E-state index in [9.17, 15) is 9.59 Å². The SMILES string of the molecule is Cc1c(Cl)cccc1OCC(=O)N[C@H]1CC[C@@H](C(=O)O)C1. The van der Waals surface area contributed by atoms with E-state index >= 15 is 0 Å². The van der Waals surface area contributed by atoms with E-state index in [1.807, 2.05) is 6.92 Å². The molecule has 0 unspecified atom stereocenters. The second-order valence-corrected chi connectivity index (χ2v) is 5.67. The molecule has 2 atom stereocenters. The summed E-state index contributed by atoms with van der Waals surface area (Å²) < 4.78 is 5.45. The van der Waals surface area contributed by atoms with Crippen molar-refractivity contribution in [1.29, 1.82) is 0 Å². The van der Waals surface area contributed by atoms with Crippen molar-refractivity contribution >= 4 is 23.5 Å². The molecule has 6 heteroatoms. The Morgan fingerprint density at radius 2 is 2.19 bits per heavy atom. The second kappa shape index (κ2) is 6.80. The first kappa shape index (κ1) is 15.6. The van der Waals surface area contributed by atoms with Gasteiger partial charge in [-0.05, 0) is 38.3 Å². The maximum atomic E-state index is 11.8. The molecule has 1 saturated carbocycles. The Morgan fingerprint density at radius 1 is 1.43 bits per heavy atom. The zero-order valence-corrected chi connectivity index (χ0v) is 12.5. The van der Waals surface area contributed by atoms with Gasteiger partial charge >= 0.3 is 5.97 Å². The van der Waals surface area contributed by atoms with Crippen LogP contribution in [0, 0.1) is 12.8 Å². The summed E-state index contributed by atoms with van der Waals surface area (Å²) in [5.41, 5.74) is 0.791. The van der Waals surface area contributed by atoms with Gasteiger partial charge < -0.3 is 15.2 Å². The topological polar surface area (TPSA) is 75.6 Å². The summed E-state index contributed by atoms with van der Waals surface area (Å²) in [5, 5.41) is 12.3. The first-order chi connectivity index (χ1) is 9.97. The molecule has 1 fully saturated rings. The first-order valence-corrected chi connectivity index (χ1v) is 7.25.